The van der Waals surface area contributed by atoms with Crippen LogP contribution in [-0.2, 0) is 43.0 Å². The van der Waals surface area contributed by atoms with E-state index in [0.717, 1.165) is 130 Å². The van der Waals surface area contributed by atoms with Gasteiger partial charge in [0.25, 0.3) is 0 Å². The lowest BCUT2D eigenvalue weighted by Gasteiger charge is -2.30. The van der Waals surface area contributed by atoms with Crippen molar-refractivity contribution in [3.8, 4) is 56.5 Å². The number of likely N-dealkylation sites (tertiary alicyclic amines) is 3. The lowest BCUT2D eigenvalue weighted by Crippen LogP contribution is -2.45. The van der Waals surface area contributed by atoms with Crippen LogP contribution in [0.25, 0.3) is 106 Å². The first-order valence-corrected chi connectivity index (χ1v) is 49.3. The van der Waals surface area contributed by atoms with Gasteiger partial charge in [0.15, 0.2) is 11.6 Å². The number of hydrogen-bond donors (Lipinski definition) is 7. The normalized spacial score (nSPS) is 18.9. The van der Waals surface area contributed by atoms with Gasteiger partial charge in [-0.25, -0.2) is 29.9 Å². The lowest BCUT2D eigenvalue weighted by atomic mass is 9.86. The van der Waals surface area contributed by atoms with Gasteiger partial charge in [0.05, 0.1) is 72.2 Å². The monoisotopic (exact) mass is 1920 g/mol. The minimum atomic E-state index is -0.776. The molecule has 0 bridgehead atoms. The van der Waals surface area contributed by atoms with Crippen molar-refractivity contribution >= 4 is 119 Å². The van der Waals surface area contributed by atoms with E-state index in [1.54, 1.807) is 75.8 Å². The standard InChI is InChI=1S/C39H42N8O3.C37H39N9O3.C32H35N7O3S/c1-26(2)34-21-30(11-17-40-34)36-32-22-31(9-10-33(32)44-45-36)43-38(49)39(25-50-3)14-20-46(24-39)23-35(48)47-18-12-28(13-19-47)27-5-7-29(8-6-27)37-41-15-4-16-42-37;1-38-32-20-28(10-16-39-32)34-30-21-29(8-9-31(30)43-44-34)42-36(48)37(24-49-2)13-19-45(23-37)22-33(47)46-17-11-26(12-18-46)25-4-6-27(7-5-25)35-40-14-3-15-41-35;1-42-20-32(9-14-38(19-32)18-28(40)39-12-7-22(8-13-39)30-34-11-15-43-30)31(41)35-24-4-5-26-25(17-24)29(37-36-26)23-6-10-33-27(16-23)21-2-3-21/h4-12,15-17,21-22,26H,13-14,18-20,23-25H2,1-3H3,(H,43,49)(H,44,45);3-11,14-16,20-21H,12-13,17-19,22-24H2,1-2H3,(H,38,39)(H,42,48)(H,43,44);4-7,10-11,15-17,21H,2-3,8-9,12-14,18-20H2,1H3,(H,35,41)(H,36,37)/t39-;37-;/m11./s1. The van der Waals surface area contributed by atoms with Crippen molar-refractivity contribution in [2.24, 2.45) is 16.2 Å². The van der Waals surface area contributed by atoms with Crippen LogP contribution < -0.4 is 21.3 Å². The van der Waals surface area contributed by atoms with Gasteiger partial charge in [-0.05, 0) is 208 Å². The van der Waals surface area contributed by atoms with Crippen molar-refractivity contribution in [2.45, 2.75) is 77.0 Å². The number of aromatic nitrogens is 14. The number of H-pyrrole nitrogens is 3. The van der Waals surface area contributed by atoms with Crippen LogP contribution in [-0.4, -0.2) is 282 Å². The predicted molar refractivity (Wildman–Crippen MR) is 550 cm³/mol. The highest BCUT2D eigenvalue weighted by molar-refractivity contribution is 7.10. The molecule has 21 rings (SSSR count). The maximum atomic E-state index is 13.9. The predicted octanol–water partition coefficient (Wildman–Crippen LogP) is 15.1. The summed E-state index contributed by atoms with van der Waals surface area (Å²) < 4.78 is 16.7. The number of carbonyl (C=O) groups is 6. The zero-order valence-electron chi connectivity index (χ0n) is 80.6. The highest BCUT2D eigenvalue weighted by Crippen LogP contribution is 2.43. The van der Waals surface area contributed by atoms with Gasteiger partial charge >= 0.3 is 0 Å². The van der Waals surface area contributed by atoms with Crippen LogP contribution in [0.3, 0.4) is 0 Å². The number of ether oxygens (including phenoxy) is 3. The van der Waals surface area contributed by atoms with Crippen LogP contribution in [0.15, 0.2) is 225 Å². The minimum Gasteiger partial charge on any atom is -0.384 e. The molecule has 7 N–H and O–H groups in total. The molecule has 142 heavy (non-hydrogen) atoms. The number of anilines is 4. The van der Waals surface area contributed by atoms with Gasteiger partial charge in [0.1, 0.15) is 27.9 Å². The zero-order valence-corrected chi connectivity index (χ0v) is 81.4. The number of carbonyl (C=O) groups excluding carboxylic acids is 6. The van der Waals surface area contributed by atoms with E-state index in [2.05, 4.69) is 175 Å². The van der Waals surface area contributed by atoms with E-state index in [-0.39, 0.29) is 74.9 Å². The molecule has 7 aliphatic rings. The average molecular weight is 1930 g/mol. The molecule has 1 saturated carbocycles. The number of benzene rings is 5. The van der Waals surface area contributed by atoms with Crippen LogP contribution in [0.5, 0.6) is 0 Å². The van der Waals surface area contributed by atoms with Gasteiger partial charge in [-0.15, -0.1) is 11.3 Å². The van der Waals surface area contributed by atoms with Gasteiger partial charge in [0, 0.05) is 221 Å². The molecule has 34 heteroatoms. The molecule has 1 unspecified atom stereocenters. The molecule has 728 valence electrons. The van der Waals surface area contributed by atoms with Gasteiger partial charge in [-0.2, -0.15) is 15.3 Å². The second kappa shape index (κ2) is 43.2. The summed E-state index contributed by atoms with van der Waals surface area (Å²) in [4.78, 5) is 129. The Balaban J connectivity index is 0.000000136. The molecule has 0 radical (unpaired) electrons. The number of fused-ring (bicyclic) bond motifs is 3. The second-order valence-electron chi connectivity index (χ2n) is 38.0. The highest BCUT2D eigenvalue weighted by atomic mass is 32.1. The van der Waals surface area contributed by atoms with E-state index in [1.807, 2.05) is 149 Å². The Morgan fingerprint density at radius 2 is 0.803 bits per heavy atom. The summed E-state index contributed by atoms with van der Waals surface area (Å²) in [5.74, 6) is 2.89. The molecule has 15 heterocycles. The van der Waals surface area contributed by atoms with E-state index in [4.69, 9.17) is 14.2 Å². The van der Waals surface area contributed by atoms with Crippen molar-refractivity contribution in [3.05, 3.63) is 252 Å². The number of pyridine rings is 3. The SMILES string of the molecule is CNc1cc(-c2n[nH]c3ccc(NC(=O)[C@]4(COC)CCN(CC(=O)N5CC=C(c6ccc(-c7ncccn7)cc6)CC5)C4)cc23)ccn1.COCC1(C(=O)Nc2ccc3[nH]nc(-c4ccnc(C5CC5)c4)c3c2)CCN(CC(=O)N2CC=C(c3nccs3)CC2)C1.COC[C@@]1(C(=O)Nc2ccc3[nH]nc(-c4ccnc(C(C)C)c4)c3c2)CCN(CC(=O)N2CC=C(c3ccc(-c4ncccn4)cc3)CC2)C1. The Bertz CT molecular complexity index is 7010. The quantitative estimate of drug-likeness (QED) is 0.0229. The Labute approximate surface area is 826 Å². The summed E-state index contributed by atoms with van der Waals surface area (Å²) >= 11 is 1.63. The molecule has 1 aliphatic carbocycles. The molecule has 4 fully saturated rings. The fourth-order valence-corrected chi connectivity index (χ4v) is 20.7. The molecule has 6 amide bonds. The maximum absolute atomic E-state index is 13.9. The molecule has 6 aliphatic heterocycles. The van der Waals surface area contributed by atoms with Crippen LogP contribution in [0.1, 0.15) is 105 Å². The molecule has 33 nitrogen and oxygen atoms in total. The maximum Gasteiger partial charge on any atom is 0.237 e. The van der Waals surface area contributed by atoms with Crippen molar-refractivity contribution < 1.29 is 43.0 Å². The van der Waals surface area contributed by atoms with E-state index < -0.39 is 16.2 Å². The van der Waals surface area contributed by atoms with Crippen LogP contribution >= 0.6 is 11.3 Å². The van der Waals surface area contributed by atoms with Gasteiger partial charge in [0.2, 0.25) is 35.4 Å². The summed E-state index contributed by atoms with van der Waals surface area (Å²) in [6.07, 6.45) is 27.1. The van der Waals surface area contributed by atoms with Gasteiger partial charge < -0.3 is 50.2 Å². The molecular formula is C108H116N24O9S. The molecule has 3 saturated heterocycles. The summed E-state index contributed by atoms with van der Waals surface area (Å²) in [6, 6.07) is 49.4. The molecular weight excluding hydrogens is 1810 g/mol. The Morgan fingerprint density at radius 1 is 0.415 bits per heavy atom. The number of rotatable bonds is 29. The largest absolute Gasteiger partial charge is 0.384 e. The third-order valence-electron chi connectivity index (χ3n) is 28.1. The topological polar surface area (TPSA) is 387 Å². The summed E-state index contributed by atoms with van der Waals surface area (Å²) in [5, 5.41) is 41.3. The van der Waals surface area contributed by atoms with Crippen molar-refractivity contribution in [1.29, 1.82) is 0 Å². The highest BCUT2D eigenvalue weighted by Gasteiger charge is 2.49. The van der Waals surface area contributed by atoms with Crippen molar-refractivity contribution in [2.75, 3.05) is 168 Å². The smallest absolute Gasteiger partial charge is 0.237 e. The van der Waals surface area contributed by atoms with Crippen LogP contribution in [0.4, 0.5) is 22.9 Å². The number of nitrogens with one attached hydrogen (secondary N) is 7. The Kier molecular flexibility index (Phi) is 29.3. The first-order chi connectivity index (χ1) is 69.3. The fourth-order valence-electron chi connectivity index (χ4n) is 20.0. The van der Waals surface area contributed by atoms with Crippen LogP contribution in [0.2, 0.25) is 0 Å². The summed E-state index contributed by atoms with van der Waals surface area (Å²) in [6.45, 7) is 12.8. The van der Waals surface area contributed by atoms with Gasteiger partial charge in [-0.1, -0.05) is 80.6 Å². The fraction of sp³-hybridized carbons (Fsp3) is 0.343. The summed E-state index contributed by atoms with van der Waals surface area (Å²) in [5.41, 5.74) is 17.8. The number of aromatic amines is 3. The molecule has 14 aromatic rings. The van der Waals surface area contributed by atoms with E-state index >= 15 is 0 Å². The molecule has 5 aromatic carbocycles. The number of thiazole rings is 1. The third-order valence-corrected chi connectivity index (χ3v) is 28.9. The molecule has 3 atom stereocenters. The first-order valence-electron chi connectivity index (χ1n) is 48.4. The van der Waals surface area contributed by atoms with Gasteiger partial charge in [-0.3, -0.25) is 68.7 Å². The molecule has 0 spiro atoms. The minimum absolute atomic E-state index is 0.0657. The van der Waals surface area contributed by atoms with Crippen molar-refractivity contribution in [1.82, 2.24) is 99.9 Å². The average Bonchev–Trinajstić information content (AvgIpc) is 1.64. The number of hydrogen-bond acceptors (Lipinski definition) is 25. The summed E-state index contributed by atoms with van der Waals surface area (Å²) in [7, 11) is 6.68. The third kappa shape index (κ3) is 21.8. The number of amides is 6. The van der Waals surface area contributed by atoms with E-state index in [1.165, 1.54) is 29.6 Å². The zero-order chi connectivity index (χ0) is 97.9. The van der Waals surface area contributed by atoms with Crippen molar-refractivity contribution in [3.63, 3.8) is 0 Å². The van der Waals surface area contributed by atoms with E-state index in [9.17, 15) is 28.8 Å². The Morgan fingerprint density at radius 3 is 1.18 bits per heavy atom. The first kappa shape index (κ1) is 96.2. The Hall–Kier alpha value is -14.7. The lowest BCUT2D eigenvalue weighted by molar-refractivity contribution is -0.133. The molecule has 9 aromatic heterocycles. The second-order valence-corrected chi connectivity index (χ2v) is 38.9. The van der Waals surface area contributed by atoms with Crippen LogP contribution in [0, 0.1) is 16.2 Å². The number of nitrogens with zero attached hydrogens (tertiary/aromatic N) is 17. The van der Waals surface area contributed by atoms with E-state index in [0.29, 0.717) is 138 Å². The number of methoxy groups -OCH3 is 3.